The fourth-order valence-electron chi connectivity index (χ4n) is 1.88. The molecule has 1 N–H and O–H groups in total. The minimum absolute atomic E-state index is 0.0135. The van der Waals surface area contributed by atoms with Crippen LogP contribution in [0.2, 0.25) is 0 Å². The van der Waals surface area contributed by atoms with Crippen molar-refractivity contribution in [3.8, 4) is 0 Å². The van der Waals surface area contributed by atoms with Crippen LogP contribution in [-0.4, -0.2) is 49.7 Å². The molecule has 0 saturated carbocycles. The summed E-state index contributed by atoms with van der Waals surface area (Å²) in [5, 5.41) is 3.29. The van der Waals surface area contributed by atoms with Gasteiger partial charge in [0.25, 0.3) is 0 Å². The zero-order valence-electron chi connectivity index (χ0n) is 11.0. The van der Waals surface area contributed by atoms with E-state index < -0.39 is 0 Å². The van der Waals surface area contributed by atoms with E-state index in [1.165, 1.54) is 0 Å². The molecule has 2 atom stereocenters. The summed E-state index contributed by atoms with van der Waals surface area (Å²) < 4.78 is 5.41. The van der Waals surface area contributed by atoms with Crippen LogP contribution in [0, 0.1) is 5.92 Å². The number of likely N-dealkylation sites (N-methyl/N-ethyl adjacent to an activating group) is 1. The van der Waals surface area contributed by atoms with E-state index in [4.69, 9.17) is 4.74 Å². The van der Waals surface area contributed by atoms with Crippen LogP contribution in [0.25, 0.3) is 0 Å². The average molecular weight is 228 g/mol. The fraction of sp³-hybridized carbons (Fsp3) is 0.917. The Morgan fingerprint density at radius 2 is 1.94 bits per heavy atom. The largest absolute Gasteiger partial charge is 0.460 e. The summed E-state index contributed by atoms with van der Waals surface area (Å²) >= 11 is 0. The summed E-state index contributed by atoms with van der Waals surface area (Å²) in [7, 11) is 4.09. The molecule has 1 heterocycles. The number of hydrogen-bond acceptors (Lipinski definition) is 4. The van der Waals surface area contributed by atoms with Crippen LogP contribution in [0.1, 0.15) is 27.2 Å². The van der Waals surface area contributed by atoms with Gasteiger partial charge in [-0.25, -0.2) is 0 Å². The number of piperidine rings is 1. The van der Waals surface area contributed by atoms with Crippen molar-refractivity contribution in [2.75, 3.05) is 27.2 Å². The highest BCUT2D eigenvalue weighted by molar-refractivity contribution is 5.73. The van der Waals surface area contributed by atoms with Gasteiger partial charge in [-0.15, -0.1) is 0 Å². The lowest BCUT2D eigenvalue weighted by Gasteiger charge is -2.34. The predicted molar refractivity (Wildman–Crippen MR) is 64.3 cm³/mol. The number of carbonyl (C=O) groups excluding carboxylic acids is 1. The lowest BCUT2D eigenvalue weighted by molar-refractivity contribution is -0.161. The Labute approximate surface area is 98.3 Å². The summed E-state index contributed by atoms with van der Waals surface area (Å²) in [6.07, 6.45) is 0.884. The zero-order chi connectivity index (χ0) is 12.3. The van der Waals surface area contributed by atoms with Crippen molar-refractivity contribution >= 4 is 5.97 Å². The topological polar surface area (TPSA) is 41.6 Å². The summed E-state index contributed by atoms with van der Waals surface area (Å²) in [5.74, 6) is -0.0908. The predicted octanol–water partition coefficient (Wildman–Crippen LogP) is 0.868. The van der Waals surface area contributed by atoms with Gasteiger partial charge < -0.3 is 15.0 Å². The Morgan fingerprint density at radius 3 is 2.44 bits per heavy atom. The first-order valence-corrected chi connectivity index (χ1v) is 5.89. The third kappa shape index (κ3) is 4.10. The van der Waals surface area contributed by atoms with E-state index in [2.05, 4.69) is 10.2 Å². The van der Waals surface area contributed by atoms with Crippen LogP contribution in [0.5, 0.6) is 0 Å². The number of hydrogen-bond donors (Lipinski definition) is 1. The van der Waals surface area contributed by atoms with E-state index in [1.54, 1.807) is 0 Å². The summed E-state index contributed by atoms with van der Waals surface area (Å²) in [5.41, 5.74) is -0.387. The molecule has 1 saturated heterocycles. The molecule has 0 aromatic carbocycles. The van der Waals surface area contributed by atoms with Crippen molar-refractivity contribution in [2.45, 2.75) is 38.8 Å². The third-order valence-electron chi connectivity index (χ3n) is 2.80. The highest BCUT2D eigenvalue weighted by Crippen LogP contribution is 2.18. The van der Waals surface area contributed by atoms with Gasteiger partial charge in [-0.3, -0.25) is 4.79 Å². The lowest BCUT2D eigenvalue weighted by atomic mass is 9.95. The number of nitrogens with zero attached hydrogens (tertiary/aromatic N) is 1. The smallest absolute Gasteiger partial charge is 0.310 e. The maximum absolute atomic E-state index is 11.9. The van der Waals surface area contributed by atoms with Gasteiger partial charge in [-0.1, -0.05) is 0 Å². The van der Waals surface area contributed by atoms with Gasteiger partial charge >= 0.3 is 5.97 Å². The van der Waals surface area contributed by atoms with Gasteiger partial charge in [0.15, 0.2) is 0 Å². The van der Waals surface area contributed by atoms with E-state index in [1.807, 2.05) is 34.9 Å². The molecule has 16 heavy (non-hydrogen) atoms. The molecule has 1 aliphatic rings. The number of rotatable bonds is 2. The van der Waals surface area contributed by atoms with Gasteiger partial charge in [0.05, 0.1) is 5.92 Å². The SMILES string of the molecule is CN(C)[C@@H]1CNC[C@H](C(=O)OC(C)(C)C)C1. The Morgan fingerprint density at radius 1 is 1.31 bits per heavy atom. The van der Waals surface area contributed by atoms with E-state index in [9.17, 15) is 4.79 Å². The first kappa shape index (κ1) is 13.5. The van der Waals surface area contributed by atoms with Gasteiger partial charge in [0.1, 0.15) is 5.60 Å². The molecule has 0 aliphatic carbocycles. The number of ether oxygens (including phenoxy) is 1. The van der Waals surface area contributed by atoms with Gasteiger partial charge in [0, 0.05) is 19.1 Å². The highest BCUT2D eigenvalue weighted by Gasteiger charge is 2.31. The van der Waals surface area contributed by atoms with Crippen LogP contribution in [0.15, 0.2) is 0 Å². The van der Waals surface area contributed by atoms with Crippen molar-refractivity contribution in [2.24, 2.45) is 5.92 Å². The maximum Gasteiger partial charge on any atom is 0.310 e. The highest BCUT2D eigenvalue weighted by atomic mass is 16.6. The second-order valence-corrected chi connectivity index (χ2v) is 5.74. The molecular weight excluding hydrogens is 204 g/mol. The van der Waals surface area contributed by atoms with Gasteiger partial charge in [-0.05, 0) is 41.3 Å². The fourth-order valence-corrected chi connectivity index (χ4v) is 1.88. The Bertz CT molecular complexity index is 246. The van der Waals surface area contributed by atoms with Crippen LogP contribution in [0.3, 0.4) is 0 Å². The molecule has 0 unspecified atom stereocenters. The zero-order valence-corrected chi connectivity index (χ0v) is 11.0. The number of esters is 1. The molecule has 0 aromatic heterocycles. The standard InChI is InChI=1S/C12H24N2O2/c1-12(2,3)16-11(15)9-6-10(14(4)5)8-13-7-9/h9-10,13H,6-8H2,1-5H3/t9-,10+/m1/s1. The molecule has 1 aliphatic heterocycles. The van der Waals surface area contributed by atoms with Crippen molar-refractivity contribution < 1.29 is 9.53 Å². The lowest BCUT2D eigenvalue weighted by Crippen LogP contribution is -2.49. The second-order valence-electron chi connectivity index (χ2n) is 5.74. The average Bonchev–Trinajstić information content (AvgIpc) is 2.15. The van der Waals surface area contributed by atoms with E-state index >= 15 is 0 Å². The summed E-state index contributed by atoms with van der Waals surface area (Å²) in [6.45, 7) is 7.41. The quantitative estimate of drug-likeness (QED) is 0.712. The minimum Gasteiger partial charge on any atom is -0.460 e. The van der Waals surface area contributed by atoms with Crippen molar-refractivity contribution in [3.63, 3.8) is 0 Å². The molecule has 1 rings (SSSR count). The summed E-state index contributed by atoms with van der Waals surface area (Å²) in [6, 6.07) is 0.422. The van der Waals surface area contributed by atoms with Crippen molar-refractivity contribution in [1.82, 2.24) is 10.2 Å². The molecule has 0 amide bonds. The van der Waals surface area contributed by atoms with Crippen molar-refractivity contribution in [3.05, 3.63) is 0 Å². The maximum atomic E-state index is 11.9. The molecule has 4 nitrogen and oxygen atoms in total. The third-order valence-corrected chi connectivity index (χ3v) is 2.80. The van der Waals surface area contributed by atoms with E-state index in [0.29, 0.717) is 6.04 Å². The molecule has 0 spiro atoms. The normalized spacial score (nSPS) is 26.9. The van der Waals surface area contributed by atoms with Crippen molar-refractivity contribution in [1.29, 1.82) is 0 Å². The van der Waals surface area contributed by atoms with Gasteiger partial charge in [0.2, 0.25) is 0 Å². The van der Waals surface area contributed by atoms with E-state index in [0.717, 1.165) is 19.5 Å². The molecule has 0 aromatic rings. The van der Waals surface area contributed by atoms with Crippen LogP contribution < -0.4 is 5.32 Å². The molecule has 4 heteroatoms. The Kier molecular flexibility index (Phi) is 4.33. The first-order chi connectivity index (χ1) is 7.29. The molecule has 1 fully saturated rings. The molecule has 0 bridgehead atoms. The Hall–Kier alpha value is -0.610. The molecule has 94 valence electrons. The van der Waals surface area contributed by atoms with Gasteiger partial charge in [-0.2, -0.15) is 0 Å². The van der Waals surface area contributed by atoms with E-state index in [-0.39, 0.29) is 17.5 Å². The van der Waals surface area contributed by atoms with Crippen LogP contribution in [0.4, 0.5) is 0 Å². The van der Waals surface area contributed by atoms with Crippen LogP contribution >= 0.6 is 0 Å². The second kappa shape index (κ2) is 5.15. The first-order valence-electron chi connectivity index (χ1n) is 5.89. The molecular formula is C12H24N2O2. The molecule has 0 radical (unpaired) electrons. The monoisotopic (exact) mass is 228 g/mol. The number of nitrogens with one attached hydrogen (secondary N) is 1. The number of carbonyl (C=O) groups is 1. The minimum atomic E-state index is -0.387. The Balaban J connectivity index is 2.50. The van der Waals surface area contributed by atoms with Crippen LogP contribution in [-0.2, 0) is 9.53 Å². The summed E-state index contributed by atoms with van der Waals surface area (Å²) in [4.78, 5) is 14.1.